The number of pyridine rings is 1. The molecular weight excluding hydrogens is 309 g/mol. The van der Waals surface area contributed by atoms with E-state index < -0.39 is 10.0 Å². The van der Waals surface area contributed by atoms with E-state index in [0.29, 0.717) is 0 Å². The highest BCUT2D eigenvalue weighted by Crippen LogP contribution is 2.31. The van der Waals surface area contributed by atoms with Crippen LogP contribution in [-0.2, 0) is 10.0 Å². The molecule has 1 aromatic heterocycles. The first-order valence-electron chi connectivity index (χ1n) is 5.09. The summed E-state index contributed by atoms with van der Waals surface area (Å²) in [5.74, 6) is -0.0897. The van der Waals surface area contributed by atoms with Crippen molar-refractivity contribution < 1.29 is 8.42 Å². The number of nitrogen functional groups attached to an aromatic ring is 1. The summed E-state index contributed by atoms with van der Waals surface area (Å²) in [6.45, 7) is 0. The molecule has 0 amide bonds. The molecule has 0 atom stereocenters. The molecule has 0 unspecified atom stereocenters. The first-order valence-corrected chi connectivity index (χ1v) is 7.33. The molecule has 0 aliphatic rings. The Morgan fingerprint density at radius 1 is 1.16 bits per heavy atom. The Kier molecular flexibility index (Phi) is 3.84. The smallest absolute Gasteiger partial charge is 0.265 e. The fourth-order valence-electron chi connectivity index (χ4n) is 1.41. The van der Waals surface area contributed by atoms with Crippen LogP contribution in [0.4, 0.5) is 11.5 Å². The summed E-state index contributed by atoms with van der Waals surface area (Å²) >= 11 is 11.7. The number of benzene rings is 1. The molecule has 0 saturated heterocycles. The minimum atomic E-state index is -3.86. The van der Waals surface area contributed by atoms with Crippen LogP contribution < -0.4 is 10.5 Å². The molecule has 8 heteroatoms. The summed E-state index contributed by atoms with van der Waals surface area (Å²) in [4.78, 5) is 3.61. The molecule has 0 fully saturated rings. The van der Waals surface area contributed by atoms with Crippen molar-refractivity contribution >= 4 is 44.7 Å². The van der Waals surface area contributed by atoms with E-state index in [9.17, 15) is 8.42 Å². The molecule has 100 valence electrons. The van der Waals surface area contributed by atoms with Crippen molar-refractivity contribution in [3.8, 4) is 0 Å². The van der Waals surface area contributed by atoms with Crippen LogP contribution in [0.3, 0.4) is 0 Å². The lowest BCUT2D eigenvalue weighted by Crippen LogP contribution is -2.15. The SMILES string of the molecule is Nc1ncccc1S(=O)(=O)Nc1cccc(Cl)c1Cl. The molecule has 19 heavy (non-hydrogen) atoms. The van der Waals surface area contributed by atoms with Gasteiger partial charge in [-0.1, -0.05) is 29.3 Å². The van der Waals surface area contributed by atoms with E-state index in [0.717, 1.165) is 0 Å². The van der Waals surface area contributed by atoms with Crippen molar-refractivity contribution in [2.24, 2.45) is 0 Å². The summed E-state index contributed by atoms with van der Waals surface area (Å²) in [5, 5.41) is 0.372. The summed E-state index contributed by atoms with van der Waals surface area (Å²) in [5.41, 5.74) is 5.72. The number of nitrogens with two attached hydrogens (primary N) is 1. The Hall–Kier alpha value is -1.50. The molecular formula is C11H9Cl2N3O2S. The van der Waals surface area contributed by atoms with Crippen LogP contribution in [0.1, 0.15) is 0 Å². The highest BCUT2D eigenvalue weighted by molar-refractivity contribution is 7.92. The van der Waals surface area contributed by atoms with Crippen molar-refractivity contribution in [1.82, 2.24) is 4.98 Å². The molecule has 0 aliphatic carbocycles. The summed E-state index contributed by atoms with van der Waals surface area (Å²) < 4.78 is 26.6. The second-order valence-corrected chi connectivity index (χ2v) is 6.03. The Balaban J connectivity index is 2.43. The topological polar surface area (TPSA) is 85.1 Å². The van der Waals surface area contributed by atoms with Gasteiger partial charge in [-0.3, -0.25) is 4.72 Å². The highest BCUT2D eigenvalue weighted by Gasteiger charge is 2.19. The number of nitrogens with zero attached hydrogens (tertiary/aromatic N) is 1. The van der Waals surface area contributed by atoms with Gasteiger partial charge in [-0.2, -0.15) is 0 Å². The van der Waals surface area contributed by atoms with Crippen molar-refractivity contribution in [2.45, 2.75) is 4.90 Å². The second kappa shape index (κ2) is 5.24. The van der Waals surface area contributed by atoms with Gasteiger partial charge in [0.05, 0.1) is 15.7 Å². The van der Waals surface area contributed by atoms with Crippen molar-refractivity contribution in [1.29, 1.82) is 0 Å². The van der Waals surface area contributed by atoms with Crippen LogP contribution in [0.15, 0.2) is 41.4 Å². The Morgan fingerprint density at radius 3 is 2.58 bits per heavy atom. The van der Waals surface area contributed by atoms with E-state index in [1.165, 1.54) is 24.4 Å². The number of nitrogens with one attached hydrogen (secondary N) is 1. The molecule has 2 rings (SSSR count). The lowest BCUT2D eigenvalue weighted by molar-refractivity contribution is 0.601. The lowest BCUT2D eigenvalue weighted by atomic mass is 10.3. The van der Waals surface area contributed by atoms with Crippen molar-refractivity contribution in [2.75, 3.05) is 10.5 Å². The van der Waals surface area contributed by atoms with Gasteiger partial charge in [-0.05, 0) is 24.3 Å². The molecule has 0 aliphatic heterocycles. The third-order valence-electron chi connectivity index (χ3n) is 2.29. The number of anilines is 2. The van der Waals surface area contributed by atoms with E-state index in [-0.39, 0.29) is 26.4 Å². The minimum absolute atomic E-state index is 0.0897. The second-order valence-electron chi connectivity index (χ2n) is 3.59. The van der Waals surface area contributed by atoms with Crippen LogP contribution in [-0.4, -0.2) is 13.4 Å². The maximum Gasteiger partial charge on any atom is 0.265 e. The maximum atomic E-state index is 12.2. The minimum Gasteiger partial charge on any atom is -0.383 e. The number of hydrogen-bond acceptors (Lipinski definition) is 4. The molecule has 1 heterocycles. The zero-order valence-corrected chi connectivity index (χ0v) is 11.8. The Morgan fingerprint density at radius 2 is 1.89 bits per heavy atom. The van der Waals surface area contributed by atoms with Gasteiger partial charge >= 0.3 is 0 Å². The largest absolute Gasteiger partial charge is 0.383 e. The fourth-order valence-corrected chi connectivity index (χ4v) is 2.97. The lowest BCUT2D eigenvalue weighted by Gasteiger charge is -2.11. The van der Waals surface area contributed by atoms with Gasteiger partial charge in [-0.25, -0.2) is 13.4 Å². The van der Waals surface area contributed by atoms with Gasteiger partial charge < -0.3 is 5.73 Å². The fraction of sp³-hybridized carbons (Fsp3) is 0. The highest BCUT2D eigenvalue weighted by atomic mass is 35.5. The first-order chi connectivity index (χ1) is 8.92. The Bertz CT molecular complexity index is 720. The van der Waals surface area contributed by atoms with E-state index in [2.05, 4.69) is 9.71 Å². The van der Waals surface area contributed by atoms with Crippen LogP contribution >= 0.6 is 23.2 Å². The van der Waals surface area contributed by atoms with E-state index in [1.54, 1.807) is 12.1 Å². The zero-order valence-electron chi connectivity index (χ0n) is 9.47. The predicted octanol–water partition coefficient (Wildman–Crippen LogP) is 2.77. The first kappa shape index (κ1) is 13.9. The molecule has 2 aromatic rings. The number of hydrogen-bond donors (Lipinski definition) is 2. The van der Waals surface area contributed by atoms with Gasteiger partial charge in [-0.15, -0.1) is 0 Å². The zero-order chi connectivity index (χ0) is 14.0. The molecule has 0 bridgehead atoms. The third kappa shape index (κ3) is 2.91. The summed E-state index contributed by atoms with van der Waals surface area (Å²) in [7, 11) is -3.86. The third-order valence-corrected chi connectivity index (χ3v) is 4.52. The molecule has 0 saturated carbocycles. The van der Waals surface area contributed by atoms with Crippen LogP contribution in [0.25, 0.3) is 0 Å². The predicted molar refractivity (Wildman–Crippen MR) is 75.9 cm³/mol. The van der Waals surface area contributed by atoms with E-state index >= 15 is 0 Å². The van der Waals surface area contributed by atoms with Gasteiger partial charge in [0.25, 0.3) is 10.0 Å². The van der Waals surface area contributed by atoms with Crippen LogP contribution in [0.2, 0.25) is 10.0 Å². The van der Waals surface area contributed by atoms with Gasteiger partial charge in [0, 0.05) is 6.20 Å². The standard InChI is InChI=1S/C11H9Cl2N3O2S/c12-7-3-1-4-8(10(7)13)16-19(17,18)9-5-2-6-15-11(9)14/h1-6,16H,(H2,14,15). The normalized spacial score (nSPS) is 11.3. The number of halogens is 2. The van der Waals surface area contributed by atoms with Crippen molar-refractivity contribution in [3.63, 3.8) is 0 Å². The number of rotatable bonds is 3. The maximum absolute atomic E-state index is 12.2. The van der Waals surface area contributed by atoms with Crippen LogP contribution in [0.5, 0.6) is 0 Å². The molecule has 0 spiro atoms. The van der Waals surface area contributed by atoms with Gasteiger partial charge in [0.2, 0.25) is 0 Å². The average molecular weight is 318 g/mol. The summed E-state index contributed by atoms with van der Waals surface area (Å²) in [6, 6.07) is 7.46. The Labute approximate surface area is 120 Å². The molecule has 5 nitrogen and oxygen atoms in total. The molecule has 0 radical (unpaired) electrons. The average Bonchev–Trinajstić information content (AvgIpc) is 2.35. The van der Waals surface area contributed by atoms with Crippen molar-refractivity contribution in [3.05, 3.63) is 46.6 Å². The van der Waals surface area contributed by atoms with E-state index in [1.807, 2.05) is 0 Å². The van der Waals surface area contributed by atoms with E-state index in [4.69, 9.17) is 28.9 Å². The van der Waals surface area contributed by atoms with Gasteiger partial charge in [0.1, 0.15) is 10.7 Å². The van der Waals surface area contributed by atoms with Gasteiger partial charge in [0.15, 0.2) is 0 Å². The monoisotopic (exact) mass is 317 g/mol. The number of sulfonamides is 1. The number of aromatic nitrogens is 1. The molecule has 3 N–H and O–H groups in total. The quantitative estimate of drug-likeness (QED) is 0.911. The summed E-state index contributed by atoms with van der Waals surface area (Å²) in [6.07, 6.45) is 1.40. The molecule has 1 aromatic carbocycles. The van der Waals surface area contributed by atoms with Crippen LogP contribution in [0, 0.1) is 0 Å².